The molecule has 0 amide bonds. The molecule has 4 heteroatoms. The summed E-state index contributed by atoms with van der Waals surface area (Å²) in [6, 6.07) is 6.51. The highest BCUT2D eigenvalue weighted by molar-refractivity contribution is 8.07. The van der Waals surface area contributed by atoms with Crippen LogP contribution in [0.3, 0.4) is 0 Å². The van der Waals surface area contributed by atoms with Crippen LogP contribution in [0, 0.1) is 5.82 Å². The van der Waals surface area contributed by atoms with Crippen LogP contribution in [0.5, 0.6) is 0 Å². The number of hydrogen-bond acceptors (Lipinski definition) is 3. The zero-order valence-corrected chi connectivity index (χ0v) is 11.4. The maximum Gasteiger partial charge on any atom is 0.123 e. The highest BCUT2D eigenvalue weighted by Gasteiger charge is 2.29. The largest absolute Gasteiger partial charge is 0.392 e. The quantitative estimate of drug-likeness (QED) is 0.913. The standard InChI is InChI=1S/C13H17FOS2/c1-9-13(17-6-5-16-9)12(15)8-10-3-2-4-11(14)7-10/h2-4,7,9,12-13,15H,5-6,8H2,1H3. The molecule has 0 radical (unpaired) electrons. The number of aliphatic hydroxyl groups is 1. The van der Waals surface area contributed by atoms with E-state index >= 15 is 0 Å². The first kappa shape index (κ1) is 13.2. The Hall–Kier alpha value is -0.190. The fraction of sp³-hybridized carbons (Fsp3) is 0.538. The molecule has 1 fully saturated rings. The molecule has 1 aliphatic heterocycles. The van der Waals surface area contributed by atoms with Crippen LogP contribution >= 0.6 is 23.5 Å². The van der Waals surface area contributed by atoms with Crippen LogP contribution in [0.15, 0.2) is 24.3 Å². The van der Waals surface area contributed by atoms with Crippen molar-refractivity contribution in [1.82, 2.24) is 0 Å². The Bertz CT molecular complexity index is 372. The summed E-state index contributed by atoms with van der Waals surface area (Å²) in [7, 11) is 0. The lowest BCUT2D eigenvalue weighted by atomic mass is 10.0. The van der Waals surface area contributed by atoms with Gasteiger partial charge in [-0.05, 0) is 24.1 Å². The van der Waals surface area contributed by atoms with Crippen molar-refractivity contribution in [2.75, 3.05) is 11.5 Å². The van der Waals surface area contributed by atoms with Crippen LogP contribution in [0.25, 0.3) is 0 Å². The molecule has 0 aromatic heterocycles. The van der Waals surface area contributed by atoms with Gasteiger partial charge in [-0.3, -0.25) is 0 Å². The third-order valence-electron chi connectivity index (χ3n) is 2.95. The molecular weight excluding hydrogens is 255 g/mol. The summed E-state index contributed by atoms with van der Waals surface area (Å²) in [6.07, 6.45) is 0.157. The fourth-order valence-corrected chi connectivity index (χ4v) is 4.94. The van der Waals surface area contributed by atoms with Crippen molar-refractivity contribution in [3.05, 3.63) is 35.6 Å². The van der Waals surface area contributed by atoms with E-state index < -0.39 is 0 Å². The first-order valence-electron chi connectivity index (χ1n) is 5.82. The summed E-state index contributed by atoms with van der Waals surface area (Å²) in [5.41, 5.74) is 0.876. The Morgan fingerprint density at radius 1 is 1.41 bits per heavy atom. The average Bonchev–Trinajstić information content (AvgIpc) is 2.29. The van der Waals surface area contributed by atoms with Crippen molar-refractivity contribution < 1.29 is 9.50 Å². The molecule has 0 saturated carbocycles. The molecular formula is C13H17FOS2. The van der Waals surface area contributed by atoms with E-state index in [1.807, 2.05) is 29.6 Å². The van der Waals surface area contributed by atoms with E-state index in [0.717, 1.165) is 17.1 Å². The molecule has 3 unspecified atom stereocenters. The number of halogens is 1. The minimum atomic E-state index is -0.385. The maximum absolute atomic E-state index is 13.0. The number of thioether (sulfide) groups is 2. The van der Waals surface area contributed by atoms with E-state index in [1.165, 1.54) is 12.1 Å². The minimum absolute atomic E-state index is 0.228. The predicted molar refractivity (Wildman–Crippen MR) is 74.3 cm³/mol. The van der Waals surface area contributed by atoms with Crippen molar-refractivity contribution in [2.24, 2.45) is 0 Å². The zero-order valence-electron chi connectivity index (χ0n) is 9.80. The Balaban J connectivity index is 1.98. The van der Waals surface area contributed by atoms with Gasteiger partial charge in [0.05, 0.1) is 6.10 Å². The SMILES string of the molecule is CC1SCCSC1C(O)Cc1cccc(F)c1. The summed E-state index contributed by atoms with van der Waals surface area (Å²) in [5, 5.41) is 11.0. The monoisotopic (exact) mass is 272 g/mol. The molecule has 1 N–H and O–H groups in total. The molecule has 1 heterocycles. The average molecular weight is 272 g/mol. The molecule has 1 nitrogen and oxygen atoms in total. The second-order valence-electron chi connectivity index (χ2n) is 4.31. The highest BCUT2D eigenvalue weighted by atomic mass is 32.2. The molecule has 1 aliphatic rings. The number of benzene rings is 1. The molecule has 0 spiro atoms. The second-order valence-corrected chi connectivity index (χ2v) is 7.08. The normalized spacial score (nSPS) is 26.8. The van der Waals surface area contributed by atoms with Crippen molar-refractivity contribution in [3.63, 3.8) is 0 Å². The van der Waals surface area contributed by atoms with Gasteiger partial charge in [-0.1, -0.05) is 19.1 Å². The van der Waals surface area contributed by atoms with Crippen LogP contribution in [0.4, 0.5) is 4.39 Å². The van der Waals surface area contributed by atoms with Gasteiger partial charge < -0.3 is 5.11 Å². The van der Waals surface area contributed by atoms with E-state index in [0.29, 0.717) is 11.7 Å². The van der Waals surface area contributed by atoms with Gasteiger partial charge in [-0.25, -0.2) is 4.39 Å². The predicted octanol–water partition coefficient (Wildman–Crippen LogP) is 2.97. The molecule has 17 heavy (non-hydrogen) atoms. The van der Waals surface area contributed by atoms with Gasteiger partial charge in [0.1, 0.15) is 5.82 Å². The van der Waals surface area contributed by atoms with Crippen LogP contribution in [0.2, 0.25) is 0 Å². The van der Waals surface area contributed by atoms with E-state index in [2.05, 4.69) is 6.92 Å². The lowest BCUT2D eigenvalue weighted by Gasteiger charge is -2.31. The first-order chi connectivity index (χ1) is 8.16. The van der Waals surface area contributed by atoms with Crippen LogP contribution < -0.4 is 0 Å². The third-order valence-corrected chi connectivity index (χ3v) is 6.19. The van der Waals surface area contributed by atoms with Crippen LogP contribution in [0.1, 0.15) is 12.5 Å². The smallest absolute Gasteiger partial charge is 0.123 e. The first-order valence-corrected chi connectivity index (χ1v) is 7.92. The van der Waals surface area contributed by atoms with Crippen molar-refractivity contribution in [1.29, 1.82) is 0 Å². The zero-order chi connectivity index (χ0) is 12.3. The van der Waals surface area contributed by atoms with E-state index in [1.54, 1.807) is 6.07 Å². The number of rotatable bonds is 3. The molecule has 1 aromatic carbocycles. The molecule has 3 atom stereocenters. The summed E-state index contributed by atoms with van der Waals surface area (Å²) in [5.74, 6) is 2.03. The van der Waals surface area contributed by atoms with Gasteiger partial charge in [-0.15, -0.1) is 0 Å². The van der Waals surface area contributed by atoms with Crippen molar-refractivity contribution in [3.8, 4) is 0 Å². The topological polar surface area (TPSA) is 20.2 Å². The van der Waals surface area contributed by atoms with Gasteiger partial charge in [-0.2, -0.15) is 23.5 Å². The van der Waals surface area contributed by atoms with Gasteiger partial charge in [0.2, 0.25) is 0 Å². The fourth-order valence-electron chi connectivity index (χ4n) is 2.09. The van der Waals surface area contributed by atoms with E-state index in [-0.39, 0.29) is 17.2 Å². The molecule has 0 aliphatic carbocycles. The molecule has 94 valence electrons. The Kier molecular flexibility index (Phi) is 4.77. The van der Waals surface area contributed by atoms with Gasteiger partial charge in [0.25, 0.3) is 0 Å². The lowest BCUT2D eigenvalue weighted by molar-refractivity contribution is 0.171. The van der Waals surface area contributed by atoms with Gasteiger partial charge in [0.15, 0.2) is 0 Å². The highest BCUT2D eigenvalue weighted by Crippen LogP contribution is 2.33. The lowest BCUT2D eigenvalue weighted by Crippen LogP contribution is -2.36. The summed E-state index contributed by atoms with van der Waals surface area (Å²) < 4.78 is 13.0. The molecule has 1 aromatic rings. The number of aliphatic hydroxyl groups excluding tert-OH is 1. The molecule has 2 rings (SSSR count). The maximum atomic E-state index is 13.0. The van der Waals surface area contributed by atoms with Crippen LogP contribution in [-0.4, -0.2) is 33.2 Å². The van der Waals surface area contributed by atoms with Gasteiger partial charge in [0, 0.05) is 22.0 Å². The summed E-state index contributed by atoms with van der Waals surface area (Å²) in [6.45, 7) is 2.16. The molecule has 0 bridgehead atoms. The molecule has 1 saturated heterocycles. The van der Waals surface area contributed by atoms with E-state index in [4.69, 9.17) is 0 Å². The number of hydrogen-bond donors (Lipinski definition) is 1. The Labute approximate surface area is 110 Å². The Morgan fingerprint density at radius 3 is 2.88 bits per heavy atom. The third kappa shape index (κ3) is 3.63. The summed E-state index contributed by atoms with van der Waals surface area (Å²) >= 11 is 3.75. The van der Waals surface area contributed by atoms with Gasteiger partial charge >= 0.3 is 0 Å². The minimum Gasteiger partial charge on any atom is -0.392 e. The second kappa shape index (κ2) is 6.12. The van der Waals surface area contributed by atoms with E-state index in [9.17, 15) is 9.50 Å². The Morgan fingerprint density at radius 2 is 2.18 bits per heavy atom. The van der Waals surface area contributed by atoms with Crippen molar-refractivity contribution >= 4 is 23.5 Å². The summed E-state index contributed by atoms with van der Waals surface area (Å²) in [4.78, 5) is 0. The van der Waals surface area contributed by atoms with Crippen LogP contribution in [-0.2, 0) is 6.42 Å². The van der Waals surface area contributed by atoms with Crippen molar-refractivity contribution in [2.45, 2.75) is 29.9 Å².